The number of anilines is 2. The van der Waals surface area contributed by atoms with Gasteiger partial charge in [-0.2, -0.15) is 0 Å². The molecule has 24 heavy (non-hydrogen) atoms. The van der Waals surface area contributed by atoms with Gasteiger partial charge in [-0.05, 0) is 48.4 Å². The van der Waals surface area contributed by atoms with Crippen LogP contribution in [0, 0.1) is 0 Å². The Morgan fingerprint density at radius 3 is 2.38 bits per heavy atom. The number of ether oxygens (including phenoxy) is 1. The second-order valence-corrected chi connectivity index (χ2v) is 6.26. The number of rotatable bonds is 5. The highest BCUT2D eigenvalue weighted by Crippen LogP contribution is 2.18. The second-order valence-electron chi connectivity index (χ2n) is 5.82. The van der Waals surface area contributed by atoms with E-state index in [1.54, 1.807) is 24.3 Å². The van der Waals surface area contributed by atoms with Crippen molar-refractivity contribution in [2.24, 2.45) is 0 Å². The highest BCUT2D eigenvalue weighted by molar-refractivity contribution is 6.30. The Hall–Kier alpha value is -2.04. The van der Waals surface area contributed by atoms with Crippen LogP contribution in [-0.4, -0.2) is 32.2 Å². The maximum absolute atomic E-state index is 12.0. The van der Waals surface area contributed by atoms with Crippen LogP contribution in [0.25, 0.3) is 0 Å². The van der Waals surface area contributed by atoms with Gasteiger partial charge in [0.25, 0.3) is 0 Å². The molecule has 1 N–H and O–H groups in total. The maximum Gasteiger partial charge on any atom is 0.224 e. The van der Waals surface area contributed by atoms with Gasteiger partial charge >= 0.3 is 0 Å². The molecule has 0 saturated carbocycles. The number of hydrogen-bond acceptors (Lipinski definition) is 3. The SMILES string of the molecule is O=C(CCc1ccc(N2CCOCC2)cc1)Nc1ccc(Cl)cc1. The summed E-state index contributed by atoms with van der Waals surface area (Å²) in [6, 6.07) is 15.6. The predicted molar refractivity (Wildman–Crippen MR) is 97.9 cm³/mol. The minimum Gasteiger partial charge on any atom is -0.378 e. The number of benzene rings is 2. The number of nitrogens with zero attached hydrogens (tertiary/aromatic N) is 1. The topological polar surface area (TPSA) is 41.6 Å². The molecule has 5 heteroatoms. The van der Waals surface area contributed by atoms with Crippen LogP contribution in [0.4, 0.5) is 11.4 Å². The lowest BCUT2D eigenvalue weighted by Crippen LogP contribution is -2.36. The van der Waals surface area contributed by atoms with Gasteiger partial charge in [-0.3, -0.25) is 4.79 Å². The number of carbonyl (C=O) groups is 1. The van der Waals surface area contributed by atoms with E-state index >= 15 is 0 Å². The van der Waals surface area contributed by atoms with E-state index in [2.05, 4.69) is 34.5 Å². The third kappa shape index (κ3) is 4.73. The summed E-state index contributed by atoms with van der Waals surface area (Å²) in [5.41, 5.74) is 3.15. The summed E-state index contributed by atoms with van der Waals surface area (Å²) in [7, 11) is 0. The number of nitrogens with one attached hydrogen (secondary N) is 1. The molecule has 1 aliphatic heterocycles. The fourth-order valence-electron chi connectivity index (χ4n) is 2.71. The third-order valence-corrected chi connectivity index (χ3v) is 4.33. The van der Waals surface area contributed by atoms with Gasteiger partial charge in [-0.25, -0.2) is 0 Å². The second kappa shape index (κ2) is 8.18. The van der Waals surface area contributed by atoms with Gasteiger partial charge in [-0.15, -0.1) is 0 Å². The van der Waals surface area contributed by atoms with E-state index in [1.165, 1.54) is 11.3 Å². The van der Waals surface area contributed by atoms with E-state index < -0.39 is 0 Å². The fraction of sp³-hybridized carbons (Fsp3) is 0.316. The summed E-state index contributed by atoms with van der Waals surface area (Å²) in [4.78, 5) is 14.3. The van der Waals surface area contributed by atoms with Crippen molar-refractivity contribution in [1.82, 2.24) is 0 Å². The molecular weight excluding hydrogens is 324 g/mol. The highest BCUT2D eigenvalue weighted by atomic mass is 35.5. The van der Waals surface area contributed by atoms with Gasteiger partial charge < -0.3 is 15.0 Å². The predicted octanol–water partition coefficient (Wildman–Crippen LogP) is 3.75. The first-order chi connectivity index (χ1) is 11.7. The number of halogens is 1. The summed E-state index contributed by atoms with van der Waals surface area (Å²) >= 11 is 5.84. The molecule has 1 saturated heterocycles. The molecule has 0 atom stereocenters. The molecule has 2 aromatic rings. The summed E-state index contributed by atoms with van der Waals surface area (Å²) in [5.74, 6) is 0.00887. The molecule has 1 fully saturated rings. The van der Waals surface area contributed by atoms with Crippen LogP contribution in [0.2, 0.25) is 5.02 Å². The Labute approximate surface area is 147 Å². The van der Waals surface area contributed by atoms with Gasteiger partial charge in [0.05, 0.1) is 13.2 Å². The lowest BCUT2D eigenvalue weighted by atomic mass is 10.1. The van der Waals surface area contributed by atoms with Gasteiger partial charge in [-0.1, -0.05) is 23.7 Å². The average molecular weight is 345 g/mol. The van der Waals surface area contributed by atoms with E-state index in [0.29, 0.717) is 11.4 Å². The number of carbonyl (C=O) groups excluding carboxylic acids is 1. The van der Waals surface area contributed by atoms with Crippen LogP contribution in [0.3, 0.4) is 0 Å². The van der Waals surface area contributed by atoms with Crippen LogP contribution in [0.1, 0.15) is 12.0 Å². The Morgan fingerprint density at radius 1 is 1.04 bits per heavy atom. The zero-order chi connectivity index (χ0) is 16.8. The van der Waals surface area contributed by atoms with E-state index in [1.807, 2.05) is 0 Å². The quantitative estimate of drug-likeness (QED) is 0.898. The molecule has 0 bridgehead atoms. The van der Waals surface area contributed by atoms with Crippen LogP contribution in [0.5, 0.6) is 0 Å². The average Bonchev–Trinajstić information content (AvgIpc) is 2.63. The van der Waals surface area contributed by atoms with Crippen molar-refractivity contribution in [2.45, 2.75) is 12.8 Å². The largest absolute Gasteiger partial charge is 0.378 e. The molecule has 3 rings (SSSR count). The molecule has 2 aromatic carbocycles. The summed E-state index contributed by atoms with van der Waals surface area (Å²) in [6.07, 6.45) is 1.18. The minimum atomic E-state index is 0.00887. The standard InChI is InChI=1S/C19H21ClN2O2/c20-16-4-6-17(7-5-16)21-19(23)10-3-15-1-8-18(9-2-15)22-11-13-24-14-12-22/h1-2,4-9H,3,10-14H2,(H,21,23). The molecular formula is C19H21ClN2O2. The minimum absolute atomic E-state index is 0.00887. The van der Waals surface area contributed by atoms with Crippen molar-refractivity contribution in [3.05, 3.63) is 59.1 Å². The zero-order valence-corrected chi connectivity index (χ0v) is 14.3. The van der Waals surface area contributed by atoms with Crippen molar-refractivity contribution in [3.8, 4) is 0 Å². The Bertz CT molecular complexity index is 665. The molecule has 0 radical (unpaired) electrons. The van der Waals surface area contributed by atoms with Crippen LogP contribution in [0.15, 0.2) is 48.5 Å². The molecule has 126 valence electrons. The van der Waals surface area contributed by atoms with Gasteiger partial charge in [0.1, 0.15) is 0 Å². The van der Waals surface area contributed by atoms with Crippen LogP contribution < -0.4 is 10.2 Å². The van der Waals surface area contributed by atoms with E-state index in [-0.39, 0.29) is 5.91 Å². The molecule has 0 unspecified atom stereocenters. The van der Waals surface area contributed by atoms with Gasteiger partial charge in [0.2, 0.25) is 5.91 Å². The molecule has 1 amide bonds. The third-order valence-electron chi connectivity index (χ3n) is 4.08. The first kappa shape index (κ1) is 16.8. The van der Waals surface area contributed by atoms with Crippen LogP contribution in [-0.2, 0) is 16.0 Å². The Kier molecular flexibility index (Phi) is 5.72. The fourth-order valence-corrected chi connectivity index (χ4v) is 2.84. The number of morpholine rings is 1. The van der Waals surface area contributed by atoms with E-state index in [4.69, 9.17) is 16.3 Å². The Balaban J connectivity index is 1.49. The number of hydrogen-bond donors (Lipinski definition) is 1. The molecule has 0 spiro atoms. The first-order valence-corrected chi connectivity index (χ1v) is 8.55. The summed E-state index contributed by atoms with van der Waals surface area (Å²) in [6.45, 7) is 3.44. The zero-order valence-electron chi connectivity index (χ0n) is 13.5. The molecule has 4 nitrogen and oxygen atoms in total. The molecule has 1 heterocycles. The van der Waals surface area contributed by atoms with E-state index in [0.717, 1.165) is 38.4 Å². The molecule has 0 aromatic heterocycles. The van der Waals surface area contributed by atoms with Crippen molar-refractivity contribution >= 4 is 28.9 Å². The maximum atomic E-state index is 12.0. The van der Waals surface area contributed by atoms with Crippen molar-refractivity contribution in [2.75, 3.05) is 36.5 Å². The monoisotopic (exact) mass is 344 g/mol. The molecule has 0 aliphatic carbocycles. The van der Waals surface area contributed by atoms with Gasteiger partial charge in [0, 0.05) is 35.9 Å². The van der Waals surface area contributed by atoms with Crippen molar-refractivity contribution in [1.29, 1.82) is 0 Å². The lowest BCUT2D eigenvalue weighted by molar-refractivity contribution is -0.116. The summed E-state index contributed by atoms with van der Waals surface area (Å²) < 4.78 is 5.37. The normalized spacial score (nSPS) is 14.5. The van der Waals surface area contributed by atoms with E-state index in [9.17, 15) is 4.79 Å². The van der Waals surface area contributed by atoms with Crippen LogP contribution >= 0.6 is 11.6 Å². The van der Waals surface area contributed by atoms with Crippen molar-refractivity contribution in [3.63, 3.8) is 0 Å². The lowest BCUT2D eigenvalue weighted by Gasteiger charge is -2.28. The smallest absolute Gasteiger partial charge is 0.224 e. The van der Waals surface area contributed by atoms with Gasteiger partial charge in [0.15, 0.2) is 0 Å². The number of amides is 1. The summed E-state index contributed by atoms with van der Waals surface area (Å²) in [5, 5.41) is 3.54. The first-order valence-electron chi connectivity index (χ1n) is 8.18. The molecule has 1 aliphatic rings. The Morgan fingerprint density at radius 2 is 1.71 bits per heavy atom. The number of aryl methyl sites for hydroxylation is 1. The van der Waals surface area contributed by atoms with Crippen molar-refractivity contribution < 1.29 is 9.53 Å². The highest BCUT2D eigenvalue weighted by Gasteiger charge is 2.11.